The molecule has 1 aromatic heterocycles. The zero-order chi connectivity index (χ0) is 19.5. The Morgan fingerprint density at radius 2 is 1.64 bits per heavy atom. The van der Waals surface area contributed by atoms with Crippen molar-refractivity contribution < 1.29 is 19.4 Å². The van der Waals surface area contributed by atoms with E-state index in [1.165, 1.54) is 4.57 Å². The zero-order valence-corrected chi connectivity index (χ0v) is 15.0. The van der Waals surface area contributed by atoms with Gasteiger partial charge in [-0.15, -0.1) is 0 Å². The van der Waals surface area contributed by atoms with Gasteiger partial charge in [0.05, 0.1) is 11.3 Å². The SMILES string of the molecule is O=C1C2=CC[C@@H](c3c2c(O)n(-c2ccccc2)c3O)[C@]1(F)Cc1ccccc1. The summed E-state index contributed by atoms with van der Waals surface area (Å²) >= 11 is 0. The predicted octanol–water partition coefficient (Wildman–Crippen LogP) is 4.29. The Morgan fingerprint density at radius 1 is 1.00 bits per heavy atom. The minimum Gasteiger partial charge on any atom is -0.494 e. The van der Waals surface area contributed by atoms with Crippen LogP contribution >= 0.6 is 0 Å². The van der Waals surface area contributed by atoms with E-state index in [1.54, 1.807) is 42.5 Å². The van der Waals surface area contributed by atoms with Gasteiger partial charge in [-0.3, -0.25) is 9.36 Å². The predicted molar refractivity (Wildman–Crippen MR) is 103 cm³/mol. The average molecular weight is 375 g/mol. The second kappa shape index (κ2) is 5.83. The molecule has 2 bridgehead atoms. The number of carbonyl (C=O) groups excluding carboxylic acids is 1. The highest BCUT2D eigenvalue weighted by Crippen LogP contribution is 2.58. The molecule has 3 aliphatic rings. The normalized spacial score (nSPS) is 22.8. The molecular formula is C23H18FNO3. The van der Waals surface area contributed by atoms with E-state index in [9.17, 15) is 15.0 Å². The highest BCUT2D eigenvalue weighted by atomic mass is 19.1. The molecule has 0 aliphatic heterocycles. The van der Waals surface area contributed by atoms with Crippen LogP contribution in [0.3, 0.4) is 0 Å². The van der Waals surface area contributed by atoms with E-state index in [2.05, 4.69) is 0 Å². The van der Waals surface area contributed by atoms with Crippen LogP contribution in [-0.4, -0.2) is 26.2 Å². The first-order valence-corrected chi connectivity index (χ1v) is 9.22. The number of benzene rings is 2. The average Bonchev–Trinajstić information content (AvgIpc) is 2.99. The molecule has 3 aromatic rings. The Hall–Kier alpha value is -3.34. The number of aromatic hydroxyl groups is 2. The number of nitrogens with zero attached hydrogens (tertiary/aromatic N) is 1. The lowest BCUT2D eigenvalue weighted by Crippen LogP contribution is -2.48. The molecule has 0 radical (unpaired) electrons. The number of allylic oxidation sites excluding steroid dienone is 2. The van der Waals surface area contributed by atoms with Crippen molar-refractivity contribution in [1.82, 2.24) is 4.57 Å². The molecule has 4 nitrogen and oxygen atoms in total. The van der Waals surface area contributed by atoms with E-state index >= 15 is 4.39 Å². The monoisotopic (exact) mass is 375 g/mol. The zero-order valence-electron chi connectivity index (χ0n) is 15.0. The highest BCUT2D eigenvalue weighted by molar-refractivity contribution is 6.28. The van der Waals surface area contributed by atoms with Crippen LogP contribution < -0.4 is 0 Å². The maximum atomic E-state index is 16.2. The maximum Gasteiger partial charge on any atom is 0.207 e. The van der Waals surface area contributed by atoms with Crippen LogP contribution in [0.15, 0.2) is 66.7 Å². The molecule has 140 valence electrons. The van der Waals surface area contributed by atoms with Gasteiger partial charge in [0.1, 0.15) is 0 Å². The highest BCUT2D eigenvalue weighted by Gasteiger charge is 2.57. The number of fused-ring (bicyclic) bond motifs is 2. The molecule has 6 rings (SSSR count). The molecule has 1 heterocycles. The summed E-state index contributed by atoms with van der Waals surface area (Å²) < 4.78 is 17.4. The minimum atomic E-state index is -2.15. The summed E-state index contributed by atoms with van der Waals surface area (Å²) in [6.45, 7) is 0. The van der Waals surface area contributed by atoms with Crippen molar-refractivity contribution in [2.45, 2.75) is 24.4 Å². The van der Waals surface area contributed by atoms with Crippen LogP contribution in [0.4, 0.5) is 4.39 Å². The lowest BCUT2D eigenvalue weighted by molar-refractivity contribution is -0.127. The van der Waals surface area contributed by atoms with E-state index in [4.69, 9.17) is 0 Å². The van der Waals surface area contributed by atoms with Crippen molar-refractivity contribution in [2.24, 2.45) is 0 Å². The molecule has 28 heavy (non-hydrogen) atoms. The van der Waals surface area contributed by atoms with Gasteiger partial charge in [0, 0.05) is 23.5 Å². The molecule has 0 spiro atoms. The van der Waals surface area contributed by atoms with Crippen LogP contribution in [0.2, 0.25) is 0 Å². The second-order valence-corrected chi connectivity index (χ2v) is 7.37. The number of para-hydroxylation sites is 1. The van der Waals surface area contributed by atoms with Crippen LogP contribution in [-0.2, 0) is 11.2 Å². The molecule has 0 saturated carbocycles. The van der Waals surface area contributed by atoms with Gasteiger partial charge in [0.15, 0.2) is 5.67 Å². The standard InChI is InChI=1S/C23H18FNO3/c24-23(13-14-7-3-1-4-8-14)17-12-11-16(20(23)26)18-19(17)22(28)25(21(18)27)15-9-5-2-6-10-15/h1-11,17,27-28H,12-13H2/t17-,23+/m0/s1. The van der Waals surface area contributed by atoms with Gasteiger partial charge in [0.2, 0.25) is 17.5 Å². The summed E-state index contributed by atoms with van der Waals surface area (Å²) in [5.74, 6) is -1.91. The summed E-state index contributed by atoms with van der Waals surface area (Å²) in [5.41, 5.74) is -0.157. The van der Waals surface area contributed by atoms with Gasteiger partial charge in [0.25, 0.3) is 0 Å². The Bertz CT molecular complexity index is 1120. The van der Waals surface area contributed by atoms with Gasteiger partial charge >= 0.3 is 0 Å². The first-order chi connectivity index (χ1) is 13.5. The summed E-state index contributed by atoms with van der Waals surface area (Å²) in [6, 6.07) is 17.9. The van der Waals surface area contributed by atoms with E-state index in [-0.39, 0.29) is 29.3 Å². The fourth-order valence-electron chi connectivity index (χ4n) is 4.54. The first-order valence-electron chi connectivity index (χ1n) is 9.22. The fourth-order valence-corrected chi connectivity index (χ4v) is 4.54. The van der Waals surface area contributed by atoms with E-state index in [0.29, 0.717) is 17.7 Å². The topological polar surface area (TPSA) is 62.5 Å². The van der Waals surface area contributed by atoms with Crippen molar-refractivity contribution >= 4 is 11.4 Å². The number of halogens is 1. The van der Waals surface area contributed by atoms with Gasteiger partial charge < -0.3 is 10.2 Å². The van der Waals surface area contributed by atoms with Gasteiger partial charge in [-0.2, -0.15) is 0 Å². The minimum absolute atomic E-state index is 0.0646. The molecule has 2 N–H and O–H groups in total. The van der Waals surface area contributed by atoms with Gasteiger partial charge in [-0.25, -0.2) is 4.39 Å². The second-order valence-electron chi connectivity index (χ2n) is 7.37. The third kappa shape index (κ3) is 2.13. The van der Waals surface area contributed by atoms with E-state index in [0.717, 1.165) is 5.56 Å². The lowest BCUT2D eigenvalue weighted by Gasteiger charge is -2.40. The quantitative estimate of drug-likeness (QED) is 0.718. The van der Waals surface area contributed by atoms with E-state index < -0.39 is 17.4 Å². The van der Waals surface area contributed by atoms with Gasteiger partial charge in [-0.1, -0.05) is 54.6 Å². The molecular weight excluding hydrogens is 357 g/mol. The molecule has 0 unspecified atom stereocenters. The number of aromatic nitrogens is 1. The van der Waals surface area contributed by atoms with Crippen LogP contribution in [0.1, 0.15) is 29.0 Å². The number of rotatable bonds is 3. The molecule has 0 fully saturated rings. The van der Waals surface area contributed by atoms with E-state index in [1.807, 2.05) is 24.3 Å². The van der Waals surface area contributed by atoms with Gasteiger partial charge in [-0.05, 0) is 24.1 Å². The molecule has 2 atom stereocenters. The number of Topliss-reactive ketones (excluding diaryl/α,β-unsaturated/α-hetero) is 1. The summed E-state index contributed by atoms with van der Waals surface area (Å²) in [7, 11) is 0. The van der Waals surface area contributed by atoms with Crippen molar-refractivity contribution in [3.05, 3.63) is 83.4 Å². The van der Waals surface area contributed by atoms with Crippen LogP contribution in [0.5, 0.6) is 11.8 Å². The number of ketones is 1. The largest absolute Gasteiger partial charge is 0.494 e. The number of alkyl halides is 1. The fraction of sp³-hybridized carbons (Fsp3) is 0.174. The van der Waals surface area contributed by atoms with Crippen LogP contribution in [0.25, 0.3) is 11.3 Å². The molecule has 3 aliphatic carbocycles. The lowest BCUT2D eigenvalue weighted by atomic mass is 9.63. The molecule has 0 amide bonds. The molecule has 2 aromatic carbocycles. The Balaban J connectivity index is 1.69. The smallest absolute Gasteiger partial charge is 0.207 e. The summed E-state index contributed by atoms with van der Waals surface area (Å²) in [4.78, 5) is 13.0. The maximum absolute atomic E-state index is 16.2. The Labute approximate surface area is 161 Å². The third-order valence-electron chi connectivity index (χ3n) is 5.83. The summed E-state index contributed by atoms with van der Waals surface area (Å²) in [5, 5.41) is 21.7. The summed E-state index contributed by atoms with van der Waals surface area (Å²) in [6.07, 6.45) is 1.92. The Morgan fingerprint density at radius 3 is 2.32 bits per heavy atom. The Kier molecular flexibility index (Phi) is 3.50. The number of carbonyl (C=O) groups is 1. The first kappa shape index (κ1) is 16.8. The molecule has 5 heteroatoms. The van der Waals surface area contributed by atoms with Crippen molar-refractivity contribution in [2.75, 3.05) is 0 Å². The van der Waals surface area contributed by atoms with Crippen molar-refractivity contribution in [3.63, 3.8) is 0 Å². The van der Waals surface area contributed by atoms with Crippen molar-refractivity contribution in [1.29, 1.82) is 0 Å². The van der Waals surface area contributed by atoms with Crippen LogP contribution in [0, 0.1) is 0 Å². The third-order valence-corrected chi connectivity index (χ3v) is 5.83. The number of hydrogen-bond donors (Lipinski definition) is 2. The van der Waals surface area contributed by atoms with Crippen molar-refractivity contribution in [3.8, 4) is 17.4 Å². The molecule has 0 saturated heterocycles. The number of hydrogen-bond acceptors (Lipinski definition) is 3.